The Labute approximate surface area is 512 Å². The van der Waals surface area contributed by atoms with Gasteiger partial charge in [0, 0.05) is 0 Å². The van der Waals surface area contributed by atoms with E-state index in [-0.39, 0.29) is 0 Å². The lowest BCUT2D eigenvalue weighted by atomic mass is 10.2. The molecule has 0 aromatic heterocycles. The van der Waals surface area contributed by atoms with Crippen molar-refractivity contribution in [3.63, 3.8) is 0 Å². The average molecular weight is 1120 g/mol. The van der Waals surface area contributed by atoms with Crippen LogP contribution in [0.4, 0.5) is 0 Å². The molecule has 0 amide bonds. The van der Waals surface area contributed by atoms with Gasteiger partial charge in [0.1, 0.15) is 0 Å². The highest BCUT2D eigenvalue weighted by Crippen LogP contribution is 2.00. The molecule has 0 heteroatoms. The summed E-state index contributed by atoms with van der Waals surface area (Å²) in [5.41, 5.74) is 0. The van der Waals surface area contributed by atoms with Gasteiger partial charge in [0.25, 0.3) is 0 Å². The van der Waals surface area contributed by atoms with Crippen LogP contribution >= 0.6 is 0 Å². The van der Waals surface area contributed by atoms with Gasteiger partial charge in [0.05, 0.1) is 0 Å². The van der Waals surface area contributed by atoms with E-state index in [1.54, 1.807) is 0 Å². The highest BCUT2D eigenvalue weighted by molar-refractivity contribution is 4.36. The normalized spacial score (nSPS) is 5.61. The van der Waals surface area contributed by atoms with E-state index < -0.39 is 0 Å². The van der Waals surface area contributed by atoms with Gasteiger partial charge in [-0.25, -0.2) is 0 Å². The standard InChI is InChI=1S/C7H16.3C5H12.2C4H10.4C3H8.17C2H6/c1-3-5-7-6-4-2;3*1-3-5-4-2;2*1-3-4-2;4*1-3-2;17*1-2/h3-7H2,1-2H3;3*3-5H2,1-2H3;2*3-4H2,1-2H3;4*3H2,1-2H3;17*1-2H3. The van der Waals surface area contributed by atoms with Crippen LogP contribution in [-0.4, -0.2) is 0 Å². The van der Waals surface area contributed by atoms with Crippen molar-refractivity contribution < 1.29 is 0 Å². The van der Waals surface area contributed by atoms with Crippen molar-refractivity contribution in [3.05, 3.63) is 0 Å². The van der Waals surface area contributed by atoms with Crippen LogP contribution in [0, 0.1) is 0 Å². The van der Waals surface area contributed by atoms with Gasteiger partial charge in [-0.3, -0.25) is 0 Å². The first-order chi connectivity index (χ1) is 37.1. The third kappa shape index (κ3) is 2740. The summed E-state index contributed by atoms with van der Waals surface area (Å²) in [6.45, 7) is 111. The van der Waals surface area contributed by atoms with Gasteiger partial charge in [-0.1, -0.05) is 515 Å². The SMILES string of the molecule is CC.CC.CC.CC.CC.CC.CC.CC.CC.CC.CC.CC.CC.CC.CC.CC.CC.CCC.CCC.CCC.CCC.CCCC.CCCC.CCCCC.CCCCC.CCCCC.CCCCCCC. The zero-order valence-electron chi connectivity index (χ0n) is 69.6. The van der Waals surface area contributed by atoms with Gasteiger partial charge in [-0.05, 0) is 0 Å². The summed E-state index contributed by atoms with van der Waals surface area (Å²) >= 11 is 0. The Bertz CT molecular complexity index is 156. The van der Waals surface area contributed by atoms with E-state index in [0.717, 1.165) is 0 Å². The number of hydrogen-bond donors (Lipinski definition) is 0. The number of rotatable bonds is 12. The molecule has 0 aromatic carbocycles. The summed E-state index contributed by atoms with van der Waals surface area (Å²) in [5, 5.41) is 0. The van der Waals surface area contributed by atoms with Crippen LogP contribution in [0.15, 0.2) is 0 Å². The van der Waals surface area contributed by atoms with Crippen LogP contribution in [0.2, 0.25) is 0 Å². The van der Waals surface area contributed by atoms with Crippen molar-refractivity contribution in [2.24, 2.45) is 0 Å². The topological polar surface area (TPSA) is 0 Å². The molecule has 0 aromatic rings. The first kappa shape index (κ1) is 178. The van der Waals surface area contributed by atoms with Crippen LogP contribution in [0.5, 0.6) is 0 Å². The predicted octanol–water partition coefficient (Wildman–Crippen LogP) is 36.3. The highest BCUT2D eigenvalue weighted by Gasteiger charge is 1.80. The second kappa shape index (κ2) is 849. The molecule has 0 bridgehead atoms. The summed E-state index contributed by atoms with van der Waals surface area (Å²) in [7, 11) is 0. The second-order valence-electron chi connectivity index (χ2n) is 10.9. The monoisotopic (exact) mass is 1120 g/mol. The molecule has 0 radical (unpaired) electrons. The van der Waals surface area contributed by atoms with Crippen molar-refractivity contribution >= 4 is 0 Å². The van der Waals surface area contributed by atoms with Crippen molar-refractivity contribution in [3.8, 4) is 0 Å². The molecule has 0 N–H and O–H groups in total. The quantitative estimate of drug-likeness (QED) is 0.171. The maximum absolute atomic E-state index is 2.25. The van der Waals surface area contributed by atoms with Gasteiger partial charge in [0.15, 0.2) is 0 Å². The number of unbranched alkanes of at least 4 members (excludes halogenated alkanes) is 12. The van der Waals surface area contributed by atoms with Gasteiger partial charge in [-0.15, -0.1) is 0 Å². The Balaban J connectivity index is -0.0000000133. The van der Waals surface area contributed by atoms with Crippen LogP contribution < -0.4 is 0 Å². The molecular weight excluding hydrogens is 913 g/mol. The molecule has 0 aliphatic heterocycles. The van der Waals surface area contributed by atoms with Crippen LogP contribution in [0.25, 0.3) is 0 Å². The van der Waals surface area contributed by atoms with Crippen LogP contribution in [-0.2, 0) is 0 Å². The molecule has 0 nitrogen and oxygen atoms in total. The average Bonchev–Trinajstić information content (AvgIpc) is 3.54. The Morgan fingerprint density at radius 2 is 0.158 bits per heavy atom. The summed E-state index contributed by atoms with van der Waals surface area (Å²) in [6, 6.07) is 0. The van der Waals surface area contributed by atoms with E-state index in [0.29, 0.717) is 0 Å². The summed E-state index contributed by atoms with van der Waals surface area (Å²) in [4.78, 5) is 0. The minimum atomic E-state index is 1.25. The Morgan fingerprint density at radius 3 is 0.184 bits per heavy atom. The van der Waals surface area contributed by atoms with Gasteiger partial charge >= 0.3 is 0 Å². The Hall–Kier alpha value is 0. The first-order valence-corrected chi connectivity index (χ1v) is 37.1. The summed E-state index contributed by atoms with van der Waals surface area (Å²) in [6.07, 6.45) is 29.5. The maximum atomic E-state index is 2.25. The Morgan fingerprint density at radius 1 is 0.0921 bits per heavy atom. The summed E-state index contributed by atoms with van der Waals surface area (Å²) in [5.74, 6) is 0. The smallest absolute Gasteiger partial charge is 0.0533 e. The van der Waals surface area contributed by atoms with Crippen molar-refractivity contribution in [1.82, 2.24) is 0 Å². The molecule has 0 aliphatic rings. The fraction of sp³-hybridized carbons (Fsp3) is 1.00. The molecule has 0 saturated carbocycles. The van der Waals surface area contributed by atoms with Crippen molar-refractivity contribution in [1.29, 1.82) is 0 Å². The van der Waals surface area contributed by atoms with E-state index >= 15 is 0 Å². The van der Waals surface area contributed by atoms with Gasteiger partial charge in [-0.2, -0.15) is 0 Å². The van der Waals surface area contributed by atoms with E-state index in [1.807, 2.05) is 235 Å². The minimum absolute atomic E-state index is 1.25. The Kier molecular flexibility index (Phi) is 1990. The lowest BCUT2D eigenvalue weighted by molar-refractivity contribution is 0.656. The lowest BCUT2D eigenvalue weighted by Gasteiger charge is -1.90. The zero-order chi connectivity index (χ0) is 69.6. The van der Waals surface area contributed by atoms with Crippen molar-refractivity contribution in [2.45, 2.75) is 515 Å². The molecule has 0 unspecified atom stereocenters. The van der Waals surface area contributed by atoms with E-state index in [9.17, 15) is 0 Å². The fourth-order valence-electron chi connectivity index (χ4n) is 1.74. The fourth-order valence-corrected chi connectivity index (χ4v) is 1.74. The molecule has 0 fully saturated rings. The molecule has 0 aliphatic carbocycles. The zero-order valence-corrected chi connectivity index (χ0v) is 69.6. The van der Waals surface area contributed by atoms with Gasteiger partial charge < -0.3 is 0 Å². The molecular formula is C76H206. The van der Waals surface area contributed by atoms with Crippen LogP contribution in [0.3, 0.4) is 0 Å². The largest absolute Gasteiger partial charge is 0.0683 e. The number of hydrogen-bond acceptors (Lipinski definition) is 0. The first-order valence-electron chi connectivity index (χ1n) is 37.1. The molecule has 0 spiro atoms. The second-order valence-corrected chi connectivity index (χ2v) is 10.9. The van der Waals surface area contributed by atoms with Gasteiger partial charge in [0.2, 0.25) is 0 Å². The predicted molar refractivity (Wildman–Crippen MR) is 408 cm³/mol. The third-order valence-corrected chi connectivity index (χ3v) is 4.33. The van der Waals surface area contributed by atoms with Crippen LogP contribution in [0.1, 0.15) is 515 Å². The molecule has 0 rings (SSSR count). The maximum Gasteiger partial charge on any atom is -0.0533 e. The summed E-state index contributed by atoms with van der Waals surface area (Å²) < 4.78 is 0. The lowest BCUT2D eigenvalue weighted by Crippen LogP contribution is -1.70. The van der Waals surface area contributed by atoms with E-state index in [2.05, 4.69) is 138 Å². The minimum Gasteiger partial charge on any atom is -0.0683 e. The molecule has 0 saturated heterocycles. The van der Waals surface area contributed by atoms with E-state index in [1.165, 1.54) is 141 Å². The molecule has 510 valence electrons. The molecule has 0 atom stereocenters. The van der Waals surface area contributed by atoms with Crippen molar-refractivity contribution in [2.75, 3.05) is 0 Å². The third-order valence-electron chi connectivity index (χ3n) is 4.33. The molecule has 0 heterocycles. The molecule has 76 heavy (non-hydrogen) atoms. The van der Waals surface area contributed by atoms with E-state index in [4.69, 9.17) is 0 Å². The highest BCUT2D eigenvalue weighted by atomic mass is 13.9.